The Balaban J connectivity index is 1.62. The fourth-order valence-corrected chi connectivity index (χ4v) is 2.96. The van der Waals surface area contributed by atoms with E-state index in [9.17, 15) is 4.79 Å². The van der Waals surface area contributed by atoms with Crippen molar-refractivity contribution < 1.29 is 9.53 Å². The van der Waals surface area contributed by atoms with E-state index in [0.29, 0.717) is 12.5 Å². The molecule has 2 aliphatic rings. The first-order valence-corrected chi connectivity index (χ1v) is 7.30. The Hall–Kier alpha value is -1.19. The normalized spacial score (nSPS) is 22.2. The predicted molar refractivity (Wildman–Crippen MR) is 74.4 cm³/mol. The monoisotopic (exact) mass is 259 g/mol. The molecule has 3 nitrogen and oxygen atoms in total. The Morgan fingerprint density at radius 2 is 2.32 bits per heavy atom. The van der Waals surface area contributed by atoms with E-state index in [1.54, 1.807) is 0 Å². The number of fused-ring (bicyclic) bond motifs is 1. The van der Waals surface area contributed by atoms with Gasteiger partial charge in [0.15, 0.2) is 5.78 Å². The van der Waals surface area contributed by atoms with E-state index in [2.05, 4.69) is 17.4 Å². The van der Waals surface area contributed by atoms with E-state index in [4.69, 9.17) is 4.74 Å². The summed E-state index contributed by atoms with van der Waals surface area (Å²) >= 11 is 0. The lowest BCUT2D eigenvalue weighted by Gasteiger charge is -2.17. The van der Waals surface area contributed by atoms with Gasteiger partial charge >= 0.3 is 0 Å². The third-order valence-corrected chi connectivity index (χ3v) is 4.13. The second-order valence-electron chi connectivity index (χ2n) is 5.51. The fourth-order valence-electron chi connectivity index (χ4n) is 2.96. The molecule has 1 N–H and O–H groups in total. The maximum absolute atomic E-state index is 12.2. The van der Waals surface area contributed by atoms with Crippen LogP contribution in [0.5, 0.6) is 0 Å². The van der Waals surface area contributed by atoms with Crippen molar-refractivity contribution >= 4 is 5.78 Å². The standard InChI is InChI=1S/C16H21NO2/c18-16(6-5-15-2-1-9-19-15)13-4-3-12-7-8-17-11-14(12)10-13/h3-4,10,15,17H,1-2,5-9,11H2. The van der Waals surface area contributed by atoms with Crippen molar-refractivity contribution in [1.29, 1.82) is 0 Å². The minimum Gasteiger partial charge on any atom is -0.378 e. The van der Waals surface area contributed by atoms with E-state index < -0.39 is 0 Å². The van der Waals surface area contributed by atoms with E-state index >= 15 is 0 Å². The van der Waals surface area contributed by atoms with Gasteiger partial charge in [0.25, 0.3) is 0 Å². The molecular weight excluding hydrogens is 238 g/mol. The molecule has 102 valence electrons. The van der Waals surface area contributed by atoms with Gasteiger partial charge in [-0.3, -0.25) is 4.79 Å². The lowest BCUT2D eigenvalue weighted by Crippen LogP contribution is -2.23. The number of rotatable bonds is 4. The highest BCUT2D eigenvalue weighted by Gasteiger charge is 2.18. The molecule has 0 radical (unpaired) electrons. The first-order valence-electron chi connectivity index (χ1n) is 7.30. The van der Waals surface area contributed by atoms with Crippen LogP contribution in [0.1, 0.15) is 47.2 Å². The number of benzene rings is 1. The van der Waals surface area contributed by atoms with Crippen LogP contribution in [0.15, 0.2) is 18.2 Å². The van der Waals surface area contributed by atoms with Crippen molar-refractivity contribution in [3.8, 4) is 0 Å². The Bertz CT molecular complexity index is 464. The summed E-state index contributed by atoms with van der Waals surface area (Å²) in [5, 5.41) is 3.35. The van der Waals surface area contributed by atoms with Crippen LogP contribution in [0.3, 0.4) is 0 Å². The topological polar surface area (TPSA) is 38.3 Å². The maximum atomic E-state index is 12.2. The van der Waals surface area contributed by atoms with Crippen molar-refractivity contribution in [1.82, 2.24) is 5.32 Å². The van der Waals surface area contributed by atoms with Crippen LogP contribution in [0.25, 0.3) is 0 Å². The number of ketones is 1. The quantitative estimate of drug-likeness (QED) is 0.844. The zero-order valence-electron chi connectivity index (χ0n) is 11.3. The smallest absolute Gasteiger partial charge is 0.162 e. The molecule has 1 unspecified atom stereocenters. The summed E-state index contributed by atoms with van der Waals surface area (Å²) in [7, 11) is 0. The van der Waals surface area contributed by atoms with Gasteiger partial charge in [-0.25, -0.2) is 0 Å². The van der Waals surface area contributed by atoms with E-state index in [1.165, 1.54) is 11.1 Å². The summed E-state index contributed by atoms with van der Waals surface area (Å²) in [6, 6.07) is 6.18. The third-order valence-electron chi connectivity index (χ3n) is 4.13. The maximum Gasteiger partial charge on any atom is 0.162 e. The van der Waals surface area contributed by atoms with Gasteiger partial charge in [0.2, 0.25) is 0 Å². The Morgan fingerprint density at radius 3 is 3.16 bits per heavy atom. The number of hydrogen-bond donors (Lipinski definition) is 1. The second-order valence-corrected chi connectivity index (χ2v) is 5.51. The molecule has 1 atom stereocenters. The lowest BCUT2D eigenvalue weighted by atomic mass is 9.95. The van der Waals surface area contributed by atoms with Crippen LogP contribution in [-0.4, -0.2) is 25.0 Å². The van der Waals surface area contributed by atoms with Gasteiger partial charge in [-0.2, -0.15) is 0 Å². The largest absolute Gasteiger partial charge is 0.378 e. The molecule has 0 saturated carbocycles. The van der Waals surface area contributed by atoms with E-state index in [1.807, 2.05) is 6.07 Å². The summed E-state index contributed by atoms with van der Waals surface area (Å²) in [5.74, 6) is 0.254. The van der Waals surface area contributed by atoms with Crippen molar-refractivity contribution in [2.24, 2.45) is 0 Å². The highest BCUT2D eigenvalue weighted by Crippen LogP contribution is 2.20. The number of Topliss-reactive ketones (excluding diaryl/α,β-unsaturated/α-hetero) is 1. The summed E-state index contributed by atoms with van der Waals surface area (Å²) in [6.07, 6.45) is 5.11. The van der Waals surface area contributed by atoms with Gasteiger partial charge in [0.1, 0.15) is 0 Å². The van der Waals surface area contributed by atoms with Crippen molar-refractivity contribution in [2.75, 3.05) is 13.2 Å². The molecule has 0 bridgehead atoms. The first kappa shape index (κ1) is 12.8. The molecule has 0 aliphatic carbocycles. The van der Waals surface area contributed by atoms with Crippen LogP contribution < -0.4 is 5.32 Å². The van der Waals surface area contributed by atoms with Gasteiger partial charge in [0.05, 0.1) is 6.10 Å². The summed E-state index contributed by atoms with van der Waals surface area (Å²) in [4.78, 5) is 12.2. The average molecular weight is 259 g/mol. The highest BCUT2D eigenvalue weighted by molar-refractivity contribution is 5.96. The summed E-state index contributed by atoms with van der Waals surface area (Å²) < 4.78 is 5.57. The number of ether oxygens (including phenoxy) is 1. The molecule has 1 fully saturated rings. The second kappa shape index (κ2) is 5.85. The van der Waals surface area contributed by atoms with E-state index in [-0.39, 0.29) is 5.78 Å². The molecule has 1 saturated heterocycles. The SMILES string of the molecule is O=C(CCC1CCCO1)c1ccc2c(c1)CNCC2. The zero-order valence-corrected chi connectivity index (χ0v) is 11.3. The minimum atomic E-state index is 0.254. The number of carbonyl (C=O) groups is 1. The molecule has 3 heteroatoms. The molecular formula is C16H21NO2. The van der Waals surface area contributed by atoms with Crippen LogP contribution >= 0.6 is 0 Å². The minimum absolute atomic E-state index is 0.254. The molecule has 2 heterocycles. The van der Waals surface area contributed by atoms with Crippen molar-refractivity contribution in [2.45, 2.75) is 44.8 Å². The predicted octanol–water partition coefficient (Wildman–Crippen LogP) is 2.47. The van der Waals surface area contributed by atoms with Crippen LogP contribution in [-0.2, 0) is 17.7 Å². The van der Waals surface area contributed by atoms with Crippen LogP contribution in [0, 0.1) is 0 Å². The number of nitrogens with one attached hydrogen (secondary N) is 1. The van der Waals surface area contributed by atoms with Gasteiger partial charge in [0, 0.05) is 25.1 Å². The lowest BCUT2D eigenvalue weighted by molar-refractivity contribution is 0.0859. The Labute approximate surface area is 114 Å². The van der Waals surface area contributed by atoms with Gasteiger partial charge in [-0.1, -0.05) is 12.1 Å². The molecule has 19 heavy (non-hydrogen) atoms. The molecule has 2 aliphatic heterocycles. The average Bonchev–Trinajstić information content (AvgIpc) is 2.97. The van der Waals surface area contributed by atoms with Crippen LogP contribution in [0.4, 0.5) is 0 Å². The Morgan fingerprint density at radius 1 is 1.37 bits per heavy atom. The first-order chi connectivity index (χ1) is 9.33. The molecule has 0 amide bonds. The Kier molecular flexibility index (Phi) is 3.95. The van der Waals surface area contributed by atoms with Crippen molar-refractivity contribution in [3.05, 3.63) is 34.9 Å². The molecule has 0 aromatic heterocycles. The summed E-state index contributed by atoms with van der Waals surface area (Å²) in [5.41, 5.74) is 3.53. The number of hydrogen-bond acceptors (Lipinski definition) is 3. The molecule has 1 aromatic carbocycles. The van der Waals surface area contributed by atoms with E-state index in [0.717, 1.165) is 50.9 Å². The van der Waals surface area contributed by atoms with Crippen molar-refractivity contribution in [3.63, 3.8) is 0 Å². The fraction of sp³-hybridized carbons (Fsp3) is 0.562. The molecule has 3 rings (SSSR count). The molecule has 1 aromatic rings. The van der Waals surface area contributed by atoms with Gasteiger partial charge < -0.3 is 10.1 Å². The third kappa shape index (κ3) is 3.04. The zero-order chi connectivity index (χ0) is 13.1. The highest BCUT2D eigenvalue weighted by atomic mass is 16.5. The van der Waals surface area contributed by atoms with Gasteiger partial charge in [-0.05, 0) is 49.4 Å². The summed E-state index contributed by atoms with van der Waals surface area (Å²) in [6.45, 7) is 2.80. The van der Waals surface area contributed by atoms with Gasteiger partial charge in [-0.15, -0.1) is 0 Å². The molecule has 0 spiro atoms. The number of carbonyl (C=O) groups excluding carboxylic acids is 1. The van der Waals surface area contributed by atoms with Crippen LogP contribution in [0.2, 0.25) is 0 Å².